The summed E-state index contributed by atoms with van der Waals surface area (Å²) < 4.78 is 27.2. The minimum absolute atomic E-state index is 0.0332. The fourth-order valence-corrected chi connectivity index (χ4v) is 3.51. The second-order valence-corrected chi connectivity index (χ2v) is 6.89. The fraction of sp³-hybridized carbons (Fsp3) is 0.909. The highest BCUT2D eigenvalue weighted by atomic mass is 32.2. The van der Waals surface area contributed by atoms with Crippen molar-refractivity contribution < 1.29 is 13.2 Å². The lowest BCUT2D eigenvalue weighted by Gasteiger charge is -2.34. The summed E-state index contributed by atoms with van der Waals surface area (Å²) in [6, 6.07) is -0.0504. The van der Waals surface area contributed by atoms with Crippen LogP contribution in [0.5, 0.6) is 0 Å². The van der Waals surface area contributed by atoms with E-state index >= 15 is 0 Å². The highest BCUT2D eigenvalue weighted by molar-refractivity contribution is 7.86. The molecule has 5 nitrogen and oxygen atoms in total. The Bertz CT molecular complexity index is 370. The van der Waals surface area contributed by atoms with Crippen LogP contribution in [0.4, 0.5) is 0 Å². The van der Waals surface area contributed by atoms with Crippen LogP contribution >= 0.6 is 0 Å². The maximum absolute atomic E-state index is 12.2. The molecule has 0 spiro atoms. The minimum Gasteiger partial charge on any atom is -0.300 e. The number of piperidine rings is 1. The van der Waals surface area contributed by atoms with Crippen LogP contribution in [-0.4, -0.2) is 49.0 Å². The van der Waals surface area contributed by atoms with Crippen LogP contribution in [-0.2, 0) is 15.0 Å². The lowest BCUT2D eigenvalue weighted by molar-refractivity contribution is -0.121. The highest BCUT2D eigenvalue weighted by Gasteiger charge is 2.33. The Kier molecular flexibility index (Phi) is 4.69. The van der Waals surface area contributed by atoms with Crippen molar-refractivity contribution in [3.8, 4) is 0 Å². The summed E-state index contributed by atoms with van der Waals surface area (Å²) in [7, 11) is -1.76. The Labute approximate surface area is 104 Å². The molecule has 1 aliphatic heterocycles. The Balaban J connectivity index is 2.68. The zero-order valence-electron chi connectivity index (χ0n) is 11.0. The summed E-state index contributed by atoms with van der Waals surface area (Å²) in [5.41, 5.74) is 0. The third-order valence-electron chi connectivity index (χ3n) is 3.45. The van der Waals surface area contributed by atoms with Crippen LogP contribution < -0.4 is 0 Å². The van der Waals surface area contributed by atoms with Gasteiger partial charge in [0.05, 0.1) is 0 Å². The molecule has 1 fully saturated rings. The lowest BCUT2D eigenvalue weighted by atomic mass is 9.95. The normalized spacial score (nSPS) is 20.1. The van der Waals surface area contributed by atoms with Crippen molar-refractivity contribution in [3.63, 3.8) is 0 Å². The van der Waals surface area contributed by atoms with Crippen molar-refractivity contribution in [1.29, 1.82) is 0 Å². The van der Waals surface area contributed by atoms with E-state index in [0.717, 1.165) is 0 Å². The number of hydrogen-bond donors (Lipinski definition) is 0. The zero-order chi connectivity index (χ0) is 13.2. The topological polar surface area (TPSA) is 57.7 Å². The molecule has 0 aliphatic carbocycles. The molecule has 1 heterocycles. The maximum atomic E-state index is 12.2. The van der Waals surface area contributed by atoms with Crippen molar-refractivity contribution in [1.82, 2.24) is 8.61 Å². The SMILES string of the molecule is CC(=O)C1CCN(S(=O)(=O)N(C)C(C)C)CC1. The van der Waals surface area contributed by atoms with Crippen LogP contribution in [0.1, 0.15) is 33.6 Å². The Hall–Kier alpha value is -0.460. The summed E-state index contributed by atoms with van der Waals surface area (Å²) in [4.78, 5) is 11.2. The van der Waals surface area contributed by atoms with Gasteiger partial charge in [0, 0.05) is 32.1 Å². The molecule has 17 heavy (non-hydrogen) atoms. The molecule has 0 unspecified atom stereocenters. The van der Waals surface area contributed by atoms with Gasteiger partial charge in [-0.3, -0.25) is 4.79 Å². The Morgan fingerprint density at radius 1 is 1.29 bits per heavy atom. The van der Waals surface area contributed by atoms with Gasteiger partial charge in [-0.15, -0.1) is 0 Å². The van der Waals surface area contributed by atoms with E-state index in [1.165, 1.54) is 8.61 Å². The maximum Gasteiger partial charge on any atom is 0.281 e. The first-order valence-corrected chi connectivity index (χ1v) is 7.40. The molecule has 6 heteroatoms. The van der Waals surface area contributed by atoms with Gasteiger partial charge in [-0.25, -0.2) is 0 Å². The van der Waals surface area contributed by atoms with Crippen LogP contribution in [0, 0.1) is 5.92 Å². The zero-order valence-corrected chi connectivity index (χ0v) is 11.8. The second-order valence-electron chi connectivity index (χ2n) is 4.90. The summed E-state index contributed by atoms with van der Waals surface area (Å²) in [5, 5.41) is 0. The molecule has 0 bridgehead atoms. The molecular weight excluding hydrogens is 240 g/mol. The van der Waals surface area contributed by atoms with Gasteiger partial charge in [0.15, 0.2) is 0 Å². The van der Waals surface area contributed by atoms with Crippen LogP contribution in [0.2, 0.25) is 0 Å². The summed E-state index contributed by atoms with van der Waals surface area (Å²) in [6.07, 6.45) is 1.28. The molecule has 0 saturated carbocycles. The van der Waals surface area contributed by atoms with Crippen molar-refractivity contribution in [2.24, 2.45) is 5.92 Å². The average Bonchev–Trinajstić information content (AvgIpc) is 2.27. The number of hydrogen-bond acceptors (Lipinski definition) is 3. The predicted octanol–water partition coefficient (Wildman–Crippen LogP) is 0.872. The summed E-state index contributed by atoms with van der Waals surface area (Å²) in [6.45, 7) is 6.17. The molecule has 0 aromatic carbocycles. The molecule has 1 rings (SSSR count). The first kappa shape index (κ1) is 14.6. The Morgan fingerprint density at radius 3 is 2.12 bits per heavy atom. The van der Waals surface area contributed by atoms with Crippen LogP contribution in [0.15, 0.2) is 0 Å². The van der Waals surface area contributed by atoms with Crippen molar-refractivity contribution >= 4 is 16.0 Å². The van der Waals surface area contributed by atoms with Gasteiger partial charge in [-0.2, -0.15) is 17.0 Å². The highest BCUT2D eigenvalue weighted by Crippen LogP contribution is 2.22. The number of carbonyl (C=O) groups excluding carboxylic acids is 1. The quantitative estimate of drug-likeness (QED) is 0.755. The fourth-order valence-electron chi connectivity index (χ4n) is 1.94. The number of Topliss-reactive ketones (excluding diaryl/α,β-unsaturated/α-hetero) is 1. The summed E-state index contributed by atoms with van der Waals surface area (Å²) >= 11 is 0. The van der Waals surface area contributed by atoms with Crippen LogP contribution in [0.3, 0.4) is 0 Å². The van der Waals surface area contributed by atoms with Gasteiger partial charge in [0.2, 0.25) is 0 Å². The van der Waals surface area contributed by atoms with E-state index in [1.54, 1.807) is 14.0 Å². The minimum atomic E-state index is -3.36. The van der Waals surface area contributed by atoms with Gasteiger partial charge in [-0.1, -0.05) is 0 Å². The third kappa shape index (κ3) is 3.26. The van der Waals surface area contributed by atoms with E-state index in [-0.39, 0.29) is 17.7 Å². The monoisotopic (exact) mass is 262 g/mol. The average molecular weight is 262 g/mol. The van der Waals surface area contributed by atoms with E-state index in [2.05, 4.69) is 0 Å². The molecule has 0 aromatic heterocycles. The van der Waals surface area contributed by atoms with E-state index in [4.69, 9.17) is 0 Å². The van der Waals surface area contributed by atoms with Gasteiger partial charge >= 0.3 is 0 Å². The van der Waals surface area contributed by atoms with Gasteiger partial charge in [-0.05, 0) is 33.6 Å². The molecule has 0 aromatic rings. The van der Waals surface area contributed by atoms with E-state index in [1.807, 2.05) is 13.8 Å². The second kappa shape index (κ2) is 5.46. The Morgan fingerprint density at radius 2 is 1.76 bits per heavy atom. The standard InChI is InChI=1S/C11H22N2O3S/c1-9(2)12(4)17(15,16)13-7-5-11(6-8-13)10(3)14/h9,11H,5-8H2,1-4H3. The lowest BCUT2D eigenvalue weighted by Crippen LogP contribution is -2.48. The first-order chi connectivity index (χ1) is 7.76. The van der Waals surface area contributed by atoms with E-state index < -0.39 is 10.2 Å². The smallest absolute Gasteiger partial charge is 0.281 e. The molecule has 100 valence electrons. The molecule has 1 saturated heterocycles. The largest absolute Gasteiger partial charge is 0.300 e. The van der Waals surface area contributed by atoms with E-state index in [0.29, 0.717) is 25.9 Å². The van der Waals surface area contributed by atoms with Crippen molar-refractivity contribution in [2.45, 2.75) is 39.7 Å². The number of ketones is 1. The van der Waals surface area contributed by atoms with Crippen LogP contribution in [0.25, 0.3) is 0 Å². The molecular formula is C11H22N2O3S. The predicted molar refractivity (Wildman–Crippen MR) is 66.8 cm³/mol. The molecule has 0 radical (unpaired) electrons. The number of carbonyl (C=O) groups is 1. The van der Waals surface area contributed by atoms with Gasteiger partial charge < -0.3 is 0 Å². The van der Waals surface area contributed by atoms with Crippen molar-refractivity contribution in [3.05, 3.63) is 0 Å². The van der Waals surface area contributed by atoms with Crippen molar-refractivity contribution in [2.75, 3.05) is 20.1 Å². The summed E-state index contributed by atoms with van der Waals surface area (Å²) in [5.74, 6) is 0.199. The van der Waals surface area contributed by atoms with Gasteiger partial charge in [0.1, 0.15) is 5.78 Å². The number of nitrogens with zero attached hydrogens (tertiary/aromatic N) is 2. The molecule has 0 amide bonds. The third-order valence-corrected chi connectivity index (χ3v) is 5.61. The molecule has 0 atom stereocenters. The number of rotatable bonds is 4. The van der Waals surface area contributed by atoms with Gasteiger partial charge in [0.25, 0.3) is 10.2 Å². The first-order valence-electron chi connectivity index (χ1n) is 6.00. The van der Waals surface area contributed by atoms with E-state index in [9.17, 15) is 13.2 Å². The molecule has 1 aliphatic rings. The molecule has 0 N–H and O–H groups in total.